The lowest BCUT2D eigenvalue weighted by Gasteiger charge is -2.40. The fourth-order valence-corrected chi connectivity index (χ4v) is 3.55. The van der Waals surface area contributed by atoms with E-state index in [4.69, 9.17) is 4.52 Å². The van der Waals surface area contributed by atoms with E-state index in [-0.39, 0.29) is 17.9 Å². The van der Waals surface area contributed by atoms with Gasteiger partial charge in [0.05, 0.1) is 5.69 Å². The second kappa shape index (κ2) is 8.35. The van der Waals surface area contributed by atoms with Gasteiger partial charge in [-0.05, 0) is 25.8 Å². The van der Waals surface area contributed by atoms with E-state index in [9.17, 15) is 9.59 Å². The van der Waals surface area contributed by atoms with Crippen molar-refractivity contribution >= 4 is 11.8 Å². The summed E-state index contributed by atoms with van der Waals surface area (Å²) in [6.07, 6.45) is 0.867. The van der Waals surface area contributed by atoms with E-state index < -0.39 is 0 Å². The van der Waals surface area contributed by atoms with Crippen molar-refractivity contribution < 1.29 is 14.1 Å². The van der Waals surface area contributed by atoms with Crippen molar-refractivity contribution in [1.82, 2.24) is 20.3 Å². The molecule has 0 aliphatic carbocycles. The zero-order valence-corrected chi connectivity index (χ0v) is 16.1. The summed E-state index contributed by atoms with van der Waals surface area (Å²) >= 11 is 0. The third-order valence-electron chi connectivity index (χ3n) is 5.11. The second-order valence-electron chi connectivity index (χ2n) is 6.85. The van der Waals surface area contributed by atoms with Crippen molar-refractivity contribution in [2.24, 2.45) is 0 Å². The summed E-state index contributed by atoms with van der Waals surface area (Å²) in [5, 5.41) is 6.60. The van der Waals surface area contributed by atoms with E-state index in [0.29, 0.717) is 36.7 Å². The third kappa shape index (κ3) is 4.19. The molecule has 1 atom stereocenters. The third-order valence-corrected chi connectivity index (χ3v) is 5.11. The maximum atomic E-state index is 12.9. The van der Waals surface area contributed by atoms with E-state index in [1.807, 2.05) is 18.2 Å². The summed E-state index contributed by atoms with van der Waals surface area (Å²) in [4.78, 5) is 29.3. The van der Waals surface area contributed by atoms with Crippen LogP contribution in [0.1, 0.15) is 27.4 Å². The molecule has 1 unspecified atom stereocenters. The number of aryl methyl sites for hydroxylation is 2. The molecule has 7 heteroatoms. The quantitative estimate of drug-likeness (QED) is 0.861. The lowest BCUT2D eigenvalue weighted by atomic mass is 10.1. The first-order valence-corrected chi connectivity index (χ1v) is 9.23. The molecule has 1 aromatic heterocycles. The number of piperazine rings is 1. The minimum atomic E-state index is -0.364. The number of likely N-dealkylation sites (N-methyl/N-ethyl adjacent to an activating group) is 1. The van der Waals surface area contributed by atoms with Gasteiger partial charge in [0, 0.05) is 33.2 Å². The monoisotopic (exact) mass is 370 g/mol. The van der Waals surface area contributed by atoms with Crippen LogP contribution in [0.2, 0.25) is 0 Å². The molecule has 0 bridgehead atoms. The SMILES string of the molecule is CNC(=O)C1CN(C(=O)c2c(C)noc2C)CCN1CCc1ccccc1. The predicted octanol–water partition coefficient (Wildman–Crippen LogP) is 1.41. The van der Waals surface area contributed by atoms with Crippen molar-refractivity contribution in [2.75, 3.05) is 33.2 Å². The zero-order valence-electron chi connectivity index (χ0n) is 16.1. The maximum Gasteiger partial charge on any atom is 0.259 e. The summed E-state index contributed by atoms with van der Waals surface area (Å²) in [6.45, 7) is 5.85. The van der Waals surface area contributed by atoms with Crippen LogP contribution < -0.4 is 5.32 Å². The van der Waals surface area contributed by atoms with E-state index in [1.54, 1.807) is 25.8 Å². The first-order chi connectivity index (χ1) is 13.0. The number of nitrogens with one attached hydrogen (secondary N) is 1. The highest BCUT2D eigenvalue weighted by molar-refractivity contribution is 5.96. The molecule has 1 saturated heterocycles. The van der Waals surface area contributed by atoms with Gasteiger partial charge in [0.15, 0.2) is 0 Å². The van der Waals surface area contributed by atoms with Crippen molar-refractivity contribution in [3.05, 3.63) is 52.9 Å². The standard InChI is InChI=1S/C20H26N4O3/c1-14-18(15(2)27-22-14)20(26)24-12-11-23(17(13-24)19(25)21-3)10-9-16-7-5-4-6-8-16/h4-8,17H,9-13H2,1-3H3,(H,21,25). The fraction of sp³-hybridized carbons (Fsp3) is 0.450. The van der Waals surface area contributed by atoms with E-state index in [1.165, 1.54) is 5.56 Å². The summed E-state index contributed by atoms with van der Waals surface area (Å²) in [5.74, 6) is 0.322. The van der Waals surface area contributed by atoms with Crippen LogP contribution in [0.4, 0.5) is 0 Å². The van der Waals surface area contributed by atoms with Crippen LogP contribution in [-0.2, 0) is 11.2 Å². The minimum absolute atomic E-state index is 0.0701. The average Bonchev–Trinajstić information content (AvgIpc) is 3.04. The number of benzene rings is 1. The molecule has 0 radical (unpaired) electrons. The molecule has 1 fully saturated rings. The van der Waals surface area contributed by atoms with Crippen LogP contribution in [0, 0.1) is 13.8 Å². The molecule has 3 rings (SSSR count). The number of carbonyl (C=O) groups excluding carboxylic acids is 2. The van der Waals surface area contributed by atoms with Crippen LogP contribution in [0.5, 0.6) is 0 Å². The van der Waals surface area contributed by atoms with Crippen molar-refractivity contribution in [3.63, 3.8) is 0 Å². The average molecular weight is 370 g/mol. The van der Waals surface area contributed by atoms with Crippen molar-refractivity contribution in [1.29, 1.82) is 0 Å². The number of hydrogen-bond donors (Lipinski definition) is 1. The molecule has 7 nitrogen and oxygen atoms in total. The first kappa shape index (κ1) is 19.1. The van der Waals surface area contributed by atoms with Gasteiger partial charge in [-0.2, -0.15) is 0 Å². The van der Waals surface area contributed by atoms with Crippen molar-refractivity contribution in [3.8, 4) is 0 Å². The minimum Gasteiger partial charge on any atom is -0.361 e. The number of carbonyl (C=O) groups is 2. The smallest absolute Gasteiger partial charge is 0.259 e. The lowest BCUT2D eigenvalue weighted by molar-refractivity contribution is -0.127. The van der Waals surface area contributed by atoms with E-state index in [2.05, 4.69) is 27.5 Å². The fourth-order valence-electron chi connectivity index (χ4n) is 3.55. The Morgan fingerprint density at radius 2 is 1.96 bits per heavy atom. The molecule has 144 valence electrons. The van der Waals surface area contributed by atoms with Gasteiger partial charge in [-0.1, -0.05) is 35.5 Å². The zero-order chi connectivity index (χ0) is 19.4. The summed E-state index contributed by atoms with van der Waals surface area (Å²) in [7, 11) is 1.63. The largest absolute Gasteiger partial charge is 0.361 e. The van der Waals surface area contributed by atoms with Gasteiger partial charge in [-0.15, -0.1) is 0 Å². The van der Waals surface area contributed by atoms with E-state index >= 15 is 0 Å². The number of hydrogen-bond acceptors (Lipinski definition) is 5. The van der Waals surface area contributed by atoms with Crippen molar-refractivity contribution in [2.45, 2.75) is 26.3 Å². The highest BCUT2D eigenvalue weighted by atomic mass is 16.5. The Labute approximate surface area is 159 Å². The van der Waals surface area contributed by atoms with Gasteiger partial charge >= 0.3 is 0 Å². The number of amides is 2. The Kier molecular flexibility index (Phi) is 5.91. The highest BCUT2D eigenvalue weighted by Crippen LogP contribution is 2.19. The molecule has 1 N–H and O–H groups in total. The number of nitrogens with zero attached hydrogens (tertiary/aromatic N) is 3. The van der Waals surface area contributed by atoms with Crippen LogP contribution in [-0.4, -0.2) is 66.0 Å². The molecule has 1 aliphatic heterocycles. The number of aromatic nitrogens is 1. The Balaban J connectivity index is 1.71. The van der Waals surface area contributed by atoms with Crippen LogP contribution in [0.15, 0.2) is 34.9 Å². The lowest BCUT2D eigenvalue weighted by Crippen LogP contribution is -2.60. The van der Waals surface area contributed by atoms with Gasteiger partial charge < -0.3 is 14.7 Å². The Bertz CT molecular complexity index is 783. The molecular weight excluding hydrogens is 344 g/mol. The molecule has 2 aromatic rings. The molecule has 1 aromatic carbocycles. The summed E-state index contributed by atoms with van der Waals surface area (Å²) in [5.41, 5.74) is 2.33. The molecule has 1 aliphatic rings. The molecule has 2 heterocycles. The van der Waals surface area contributed by atoms with Gasteiger partial charge in [-0.3, -0.25) is 14.5 Å². The Hall–Kier alpha value is -2.67. The van der Waals surface area contributed by atoms with E-state index in [0.717, 1.165) is 13.0 Å². The Morgan fingerprint density at radius 3 is 2.59 bits per heavy atom. The first-order valence-electron chi connectivity index (χ1n) is 9.23. The van der Waals surface area contributed by atoms with Crippen LogP contribution >= 0.6 is 0 Å². The highest BCUT2D eigenvalue weighted by Gasteiger charge is 2.35. The molecular formula is C20H26N4O3. The van der Waals surface area contributed by atoms with Gasteiger partial charge in [0.2, 0.25) is 5.91 Å². The predicted molar refractivity (Wildman–Crippen MR) is 101 cm³/mol. The number of rotatable bonds is 5. The molecule has 27 heavy (non-hydrogen) atoms. The Morgan fingerprint density at radius 1 is 1.22 bits per heavy atom. The van der Waals surface area contributed by atoms with Crippen LogP contribution in [0.3, 0.4) is 0 Å². The molecule has 0 saturated carbocycles. The van der Waals surface area contributed by atoms with Gasteiger partial charge in [-0.25, -0.2) is 0 Å². The summed E-state index contributed by atoms with van der Waals surface area (Å²) < 4.78 is 5.12. The van der Waals surface area contributed by atoms with Gasteiger partial charge in [0.1, 0.15) is 17.4 Å². The van der Waals surface area contributed by atoms with Crippen LogP contribution in [0.25, 0.3) is 0 Å². The molecule has 2 amide bonds. The second-order valence-corrected chi connectivity index (χ2v) is 6.85. The summed E-state index contributed by atoms with van der Waals surface area (Å²) in [6, 6.07) is 9.85. The topological polar surface area (TPSA) is 78.7 Å². The maximum absolute atomic E-state index is 12.9. The normalized spacial score (nSPS) is 17.7. The van der Waals surface area contributed by atoms with Gasteiger partial charge in [0.25, 0.3) is 5.91 Å². The molecule has 0 spiro atoms.